The summed E-state index contributed by atoms with van der Waals surface area (Å²) in [5, 5.41) is 81.8. The number of hydrogen-bond acceptors (Lipinski definition) is 16. The summed E-state index contributed by atoms with van der Waals surface area (Å²) in [5.41, 5.74) is -0.255. The fourth-order valence-electron chi connectivity index (χ4n) is 12.4. The van der Waals surface area contributed by atoms with Crippen LogP contribution in [-0.4, -0.2) is 160 Å². The van der Waals surface area contributed by atoms with Crippen LogP contribution >= 0.6 is 0 Å². The second kappa shape index (κ2) is 19.5. The Hall–Kier alpha value is -3.27. The van der Waals surface area contributed by atoms with Crippen LogP contribution in [0.5, 0.6) is 5.75 Å². The van der Waals surface area contributed by atoms with Crippen molar-refractivity contribution in [3.63, 3.8) is 0 Å². The third-order valence-corrected chi connectivity index (χ3v) is 15.7. The van der Waals surface area contributed by atoms with Gasteiger partial charge in [-0.3, -0.25) is 9.59 Å². The van der Waals surface area contributed by atoms with Crippen molar-refractivity contribution >= 4 is 17.8 Å². The first-order valence-electron chi connectivity index (χ1n) is 22.4. The predicted octanol–water partition coefficient (Wildman–Crippen LogP) is 1.61. The minimum Gasteiger partial charge on any atom is -0.508 e. The zero-order chi connectivity index (χ0) is 47.2. The highest BCUT2D eigenvalue weighted by atomic mass is 16.7. The number of esters is 1. The molecule has 2 heterocycles. The number of carbonyl (C=O) groups excluding carboxylic acids is 2. The summed E-state index contributed by atoms with van der Waals surface area (Å²) in [4.78, 5) is 38.1. The molecule has 3 aliphatic carbocycles. The number of benzene rings is 1. The molecule has 0 spiro atoms. The molecule has 0 unspecified atom stereocenters. The van der Waals surface area contributed by atoms with Crippen molar-refractivity contribution in [3.05, 3.63) is 41.5 Å². The highest BCUT2D eigenvalue weighted by Gasteiger charge is 2.65. The van der Waals surface area contributed by atoms with Gasteiger partial charge < -0.3 is 74.8 Å². The SMILES string of the molecule is CN[C@H](C(=O)O)[C@H](C[C@H]1C(C)=CC[C@@H]2[C@]3(C)C[C@H](O[C@@H]4O[C@@H](C)[C@H](OC(=O)c5cccc(O)c5)[C@@H](O[C@@H]5O[C@H](CO)[C@@H](O)[C@H](O)[C@H]5NC(C)=O)[C@H]4O)[C@@H](O)C(C)(C)[C@H]3CC[C@]21C)OC. The van der Waals surface area contributed by atoms with Crippen LogP contribution in [0.2, 0.25) is 0 Å². The van der Waals surface area contributed by atoms with Gasteiger partial charge in [0.15, 0.2) is 18.7 Å². The lowest BCUT2D eigenvalue weighted by atomic mass is 9.39. The predicted molar refractivity (Wildman–Crippen MR) is 227 cm³/mol. The Morgan fingerprint density at radius 2 is 1.66 bits per heavy atom. The molecular weight excluding hydrogens is 837 g/mol. The molecule has 19 atom stereocenters. The highest BCUT2D eigenvalue weighted by Crippen LogP contribution is 2.69. The van der Waals surface area contributed by atoms with Crippen molar-refractivity contribution in [2.45, 2.75) is 166 Å². The number of carboxylic acids is 1. The van der Waals surface area contributed by atoms with Crippen LogP contribution in [0.4, 0.5) is 0 Å². The molecule has 18 heteroatoms. The first-order chi connectivity index (χ1) is 30.0. The standard InChI is InChI=1S/C46H70N2O16/c1-21-13-14-31-45(6,26(21)18-27(59-9)32(47-8)40(56)57)16-15-30-44(4,5)39(55)28(19-46(30,31)7)61-43-36(54)38(37(22(2)60-43)63-41(58)24-11-10-12-25(51)17-24)64-42-33(48-23(3)50)35(53)34(52)29(20-49)62-42/h10-13,17,22,26-39,42-43,47,49,51-55H,14-16,18-20H2,1-9H3,(H,48,50)(H,56,57)/t22-,26-,27-,28-,29+,30+,31-,32-,33+,34+,35+,36+,37-,38-,39+,42-,43-,45-,46+/m0/s1. The Labute approximate surface area is 374 Å². The monoisotopic (exact) mass is 906 g/mol. The lowest BCUT2D eigenvalue weighted by molar-refractivity contribution is -0.358. The molecule has 9 N–H and O–H groups in total. The topological polar surface area (TPSA) is 272 Å². The zero-order valence-electron chi connectivity index (χ0n) is 38.2. The number of fused-ring (bicyclic) bond motifs is 3. The van der Waals surface area contributed by atoms with Gasteiger partial charge in [-0.1, -0.05) is 45.4 Å². The molecule has 1 aromatic carbocycles. The van der Waals surface area contributed by atoms with Gasteiger partial charge in [0.2, 0.25) is 5.91 Å². The van der Waals surface area contributed by atoms with Gasteiger partial charge in [-0.25, -0.2) is 4.79 Å². The molecule has 1 aromatic rings. The quantitative estimate of drug-likeness (QED) is 0.0729. The number of ether oxygens (including phenoxy) is 6. The first kappa shape index (κ1) is 50.1. The molecule has 0 aromatic heterocycles. The maximum absolute atomic E-state index is 13.6. The molecule has 0 bridgehead atoms. The third kappa shape index (κ3) is 9.34. The van der Waals surface area contributed by atoms with E-state index >= 15 is 0 Å². The van der Waals surface area contributed by atoms with Gasteiger partial charge in [0.1, 0.15) is 48.4 Å². The molecule has 18 nitrogen and oxygen atoms in total. The van der Waals surface area contributed by atoms with Crippen LogP contribution in [0.25, 0.3) is 0 Å². The van der Waals surface area contributed by atoms with Crippen LogP contribution in [0, 0.1) is 34.0 Å². The smallest absolute Gasteiger partial charge is 0.338 e. The molecule has 6 rings (SSSR count). The van der Waals surface area contributed by atoms with E-state index < -0.39 is 121 Å². The van der Waals surface area contributed by atoms with Gasteiger partial charge in [0, 0.05) is 14.0 Å². The number of methoxy groups -OCH3 is 1. The molecule has 2 aliphatic heterocycles. The van der Waals surface area contributed by atoms with E-state index in [0.29, 0.717) is 12.8 Å². The number of carboxylic acid groups (broad SMARTS) is 1. The van der Waals surface area contributed by atoms with E-state index in [1.165, 1.54) is 43.9 Å². The van der Waals surface area contributed by atoms with Crippen LogP contribution in [0.1, 0.15) is 90.9 Å². The summed E-state index contributed by atoms with van der Waals surface area (Å²) < 4.78 is 37.0. The average Bonchev–Trinajstić information content (AvgIpc) is 3.22. The molecule has 0 radical (unpaired) electrons. The number of aliphatic hydroxyl groups excluding tert-OH is 5. The second-order valence-electron chi connectivity index (χ2n) is 19.8. The fraction of sp³-hybridized carbons (Fsp3) is 0.761. The van der Waals surface area contributed by atoms with E-state index in [0.717, 1.165) is 19.3 Å². The van der Waals surface area contributed by atoms with Crippen LogP contribution < -0.4 is 10.6 Å². The number of aliphatic carboxylic acids is 1. The number of nitrogens with one attached hydrogen (secondary N) is 2. The van der Waals surface area contributed by atoms with E-state index in [1.807, 2.05) is 13.8 Å². The van der Waals surface area contributed by atoms with Crippen molar-refractivity contribution < 1.29 is 78.6 Å². The zero-order valence-corrected chi connectivity index (χ0v) is 38.2. The number of phenolic OH excluding ortho intramolecular Hbond substituents is 1. The molecule has 360 valence electrons. The van der Waals surface area contributed by atoms with Gasteiger partial charge in [0.05, 0.1) is 36.6 Å². The lowest BCUT2D eigenvalue weighted by Crippen LogP contribution is -2.68. The largest absolute Gasteiger partial charge is 0.508 e. The van der Waals surface area contributed by atoms with Gasteiger partial charge in [-0.2, -0.15) is 0 Å². The molecular formula is C46H70N2O16. The van der Waals surface area contributed by atoms with E-state index in [9.17, 15) is 50.1 Å². The summed E-state index contributed by atoms with van der Waals surface area (Å²) in [6.45, 7) is 12.7. The first-order valence-corrected chi connectivity index (χ1v) is 22.4. The molecule has 4 fully saturated rings. The number of phenols is 1. The average molecular weight is 907 g/mol. The molecule has 5 aliphatic rings. The Bertz CT molecular complexity index is 1860. The summed E-state index contributed by atoms with van der Waals surface area (Å²) in [6, 6.07) is 3.12. The van der Waals surface area contributed by atoms with Crippen molar-refractivity contribution in [2.75, 3.05) is 20.8 Å². The maximum Gasteiger partial charge on any atom is 0.338 e. The van der Waals surface area contributed by atoms with E-state index in [1.54, 1.807) is 14.0 Å². The van der Waals surface area contributed by atoms with Crippen LogP contribution in [0.3, 0.4) is 0 Å². The Morgan fingerprint density at radius 3 is 2.27 bits per heavy atom. The summed E-state index contributed by atoms with van der Waals surface area (Å²) in [6.07, 6.45) is -10.6. The lowest BCUT2D eigenvalue weighted by Gasteiger charge is -2.67. The summed E-state index contributed by atoms with van der Waals surface area (Å²) in [7, 11) is 3.15. The van der Waals surface area contributed by atoms with E-state index in [-0.39, 0.29) is 34.5 Å². The van der Waals surface area contributed by atoms with Crippen molar-refractivity contribution in [1.29, 1.82) is 0 Å². The molecule has 2 saturated carbocycles. The molecule has 1 amide bonds. The normalized spacial score (nSPS) is 41.7. The summed E-state index contributed by atoms with van der Waals surface area (Å²) in [5.74, 6) is -2.59. The highest BCUT2D eigenvalue weighted by molar-refractivity contribution is 5.90. The van der Waals surface area contributed by atoms with Crippen LogP contribution in [0.15, 0.2) is 35.9 Å². The number of aliphatic hydroxyl groups is 5. The molecule has 64 heavy (non-hydrogen) atoms. The van der Waals surface area contributed by atoms with Crippen molar-refractivity contribution in [1.82, 2.24) is 10.6 Å². The van der Waals surface area contributed by atoms with Crippen LogP contribution in [-0.2, 0) is 38.0 Å². The molecule has 2 saturated heterocycles. The minimum absolute atomic E-state index is 0.00588. The number of likely N-dealkylation sites (N-methyl/N-ethyl adjacent to an activating group) is 1. The maximum atomic E-state index is 13.6. The number of carbonyl (C=O) groups is 3. The number of rotatable bonds is 14. The number of allylic oxidation sites excluding steroid dienone is 2. The minimum atomic E-state index is -1.77. The Balaban J connectivity index is 1.32. The van der Waals surface area contributed by atoms with Crippen molar-refractivity contribution in [3.8, 4) is 5.75 Å². The third-order valence-electron chi connectivity index (χ3n) is 15.7. The van der Waals surface area contributed by atoms with Gasteiger partial charge in [0.25, 0.3) is 0 Å². The van der Waals surface area contributed by atoms with E-state index in [2.05, 4.69) is 37.5 Å². The van der Waals surface area contributed by atoms with Gasteiger partial charge >= 0.3 is 11.9 Å². The van der Waals surface area contributed by atoms with E-state index in [4.69, 9.17) is 28.4 Å². The fourth-order valence-corrected chi connectivity index (χ4v) is 12.4. The number of aromatic hydroxyl groups is 1. The Morgan fingerprint density at radius 1 is 0.953 bits per heavy atom. The van der Waals surface area contributed by atoms with Gasteiger partial charge in [-0.15, -0.1) is 0 Å². The number of amides is 1. The second-order valence-corrected chi connectivity index (χ2v) is 19.8. The number of hydrogen-bond donors (Lipinski definition) is 9. The van der Waals surface area contributed by atoms with Gasteiger partial charge in [-0.05, 0) is 105 Å². The Kier molecular flexibility index (Phi) is 15.3. The van der Waals surface area contributed by atoms with Crippen molar-refractivity contribution in [2.24, 2.45) is 34.0 Å². The summed E-state index contributed by atoms with van der Waals surface area (Å²) >= 11 is 0.